The first kappa shape index (κ1) is 7.06. The van der Waals surface area contributed by atoms with Gasteiger partial charge >= 0.3 is 0 Å². The lowest BCUT2D eigenvalue weighted by Gasteiger charge is -2.00. The quantitative estimate of drug-likeness (QED) is 0.636. The molecular weight excluding hydrogens is 124 g/mol. The van der Waals surface area contributed by atoms with E-state index in [-0.39, 0.29) is 0 Å². The molecule has 2 heteroatoms. The highest BCUT2D eigenvalue weighted by Crippen LogP contribution is 2.07. The summed E-state index contributed by atoms with van der Waals surface area (Å²) in [6.07, 6.45) is 1.03. The molecule has 0 aliphatic heterocycles. The molecule has 1 aromatic rings. The first-order chi connectivity index (χ1) is 4.74. The van der Waals surface area contributed by atoms with Crippen molar-refractivity contribution in [3.63, 3.8) is 0 Å². The van der Waals surface area contributed by atoms with Gasteiger partial charge in [0.2, 0.25) is 0 Å². The summed E-state index contributed by atoms with van der Waals surface area (Å²) in [5.74, 6) is 0.606. The summed E-state index contributed by atoms with van der Waals surface area (Å²) in [6.45, 7) is 4.09. The van der Waals surface area contributed by atoms with Crippen LogP contribution in [0.3, 0.4) is 0 Å². The lowest BCUT2D eigenvalue weighted by atomic mass is 10.1. The Morgan fingerprint density at radius 2 is 2.20 bits per heavy atom. The number of nitrogen functional groups attached to an aromatic ring is 1. The third-order valence-electron chi connectivity index (χ3n) is 1.60. The number of rotatable bonds is 1. The van der Waals surface area contributed by atoms with Crippen molar-refractivity contribution in [3.8, 4) is 0 Å². The van der Waals surface area contributed by atoms with Crippen molar-refractivity contribution < 1.29 is 0 Å². The maximum atomic E-state index is 5.47. The Bertz CT molecular complexity index is 231. The van der Waals surface area contributed by atoms with Crippen LogP contribution >= 0.6 is 0 Å². The second kappa shape index (κ2) is 2.69. The van der Waals surface area contributed by atoms with Gasteiger partial charge in [-0.15, -0.1) is 0 Å². The van der Waals surface area contributed by atoms with E-state index in [1.807, 2.05) is 19.1 Å². The van der Waals surface area contributed by atoms with Gasteiger partial charge in [-0.1, -0.05) is 13.0 Å². The molecule has 0 aromatic carbocycles. The Morgan fingerprint density at radius 3 is 2.70 bits per heavy atom. The lowest BCUT2D eigenvalue weighted by molar-refractivity contribution is 1.05. The van der Waals surface area contributed by atoms with Gasteiger partial charge in [-0.2, -0.15) is 0 Å². The molecule has 0 atom stereocenters. The maximum absolute atomic E-state index is 5.47. The van der Waals surface area contributed by atoms with E-state index >= 15 is 0 Å². The molecule has 0 spiro atoms. The van der Waals surface area contributed by atoms with E-state index < -0.39 is 0 Å². The summed E-state index contributed by atoms with van der Waals surface area (Å²) in [6, 6.07) is 3.86. The minimum Gasteiger partial charge on any atom is -0.384 e. The van der Waals surface area contributed by atoms with E-state index in [0.29, 0.717) is 5.82 Å². The van der Waals surface area contributed by atoms with Crippen molar-refractivity contribution in [1.29, 1.82) is 0 Å². The summed E-state index contributed by atoms with van der Waals surface area (Å²) in [7, 11) is 0. The summed E-state index contributed by atoms with van der Waals surface area (Å²) >= 11 is 0. The van der Waals surface area contributed by atoms with Gasteiger partial charge in [-0.05, 0) is 25.0 Å². The molecular formula is C8H12N2. The van der Waals surface area contributed by atoms with Crippen LogP contribution in [0, 0.1) is 6.92 Å². The summed E-state index contributed by atoms with van der Waals surface area (Å²) in [5, 5.41) is 0. The monoisotopic (exact) mass is 136 g/mol. The number of hydrogen-bond donors (Lipinski definition) is 1. The Labute approximate surface area is 61.1 Å². The van der Waals surface area contributed by atoms with Crippen LogP contribution in [0.15, 0.2) is 12.1 Å². The zero-order valence-electron chi connectivity index (χ0n) is 6.39. The van der Waals surface area contributed by atoms with E-state index in [1.54, 1.807) is 0 Å². The normalized spacial score (nSPS) is 9.80. The van der Waals surface area contributed by atoms with Gasteiger partial charge in [0.1, 0.15) is 5.82 Å². The van der Waals surface area contributed by atoms with Crippen molar-refractivity contribution in [3.05, 3.63) is 23.4 Å². The van der Waals surface area contributed by atoms with E-state index in [4.69, 9.17) is 5.73 Å². The number of aryl methyl sites for hydroxylation is 2. The molecule has 0 radical (unpaired) electrons. The number of anilines is 1. The van der Waals surface area contributed by atoms with E-state index in [0.717, 1.165) is 12.1 Å². The zero-order chi connectivity index (χ0) is 7.56. The number of pyridine rings is 1. The zero-order valence-corrected chi connectivity index (χ0v) is 6.39. The van der Waals surface area contributed by atoms with Gasteiger partial charge in [0.05, 0.1) is 0 Å². The Balaban J connectivity index is 3.07. The SMILES string of the molecule is CCc1ccc(N)nc1C. The highest BCUT2D eigenvalue weighted by atomic mass is 14.8. The van der Waals surface area contributed by atoms with Crippen LogP contribution in [0.25, 0.3) is 0 Å². The molecule has 54 valence electrons. The predicted molar refractivity (Wildman–Crippen MR) is 42.8 cm³/mol. The molecule has 0 saturated heterocycles. The van der Waals surface area contributed by atoms with Crippen molar-refractivity contribution >= 4 is 5.82 Å². The van der Waals surface area contributed by atoms with Crippen LogP contribution in [0.2, 0.25) is 0 Å². The van der Waals surface area contributed by atoms with Crippen molar-refractivity contribution in [2.24, 2.45) is 0 Å². The third-order valence-corrected chi connectivity index (χ3v) is 1.60. The van der Waals surface area contributed by atoms with Gasteiger partial charge in [0, 0.05) is 5.69 Å². The van der Waals surface area contributed by atoms with Crippen molar-refractivity contribution in [1.82, 2.24) is 4.98 Å². The highest BCUT2D eigenvalue weighted by molar-refractivity contribution is 5.33. The molecule has 1 heterocycles. The number of aromatic nitrogens is 1. The number of nitrogens with zero attached hydrogens (tertiary/aromatic N) is 1. The molecule has 0 aliphatic rings. The van der Waals surface area contributed by atoms with Crippen LogP contribution < -0.4 is 5.73 Å². The van der Waals surface area contributed by atoms with E-state index in [1.165, 1.54) is 5.56 Å². The van der Waals surface area contributed by atoms with E-state index in [2.05, 4.69) is 11.9 Å². The van der Waals surface area contributed by atoms with Gasteiger partial charge in [-0.25, -0.2) is 4.98 Å². The average Bonchev–Trinajstić information content (AvgIpc) is 1.88. The van der Waals surface area contributed by atoms with E-state index in [9.17, 15) is 0 Å². The van der Waals surface area contributed by atoms with Crippen LogP contribution in [0.1, 0.15) is 18.2 Å². The fraction of sp³-hybridized carbons (Fsp3) is 0.375. The molecule has 0 unspecified atom stereocenters. The molecule has 10 heavy (non-hydrogen) atoms. The Morgan fingerprint density at radius 1 is 1.50 bits per heavy atom. The molecule has 0 fully saturated rings. The topological polar surface area (TPSA) is 38.9 Å². The standard InChI is InChI=1S/C8H12N2/c1-3-7-4-5-8(9)10-6(7)2/h4-5H,3H2,1-2H3,(H2,9,10). The summed E-state index contributed by atoms with van der Waals surface area (Å²) in [5.41, 5.74) is 7.79. The molecule has 0 saturated carbocycles. The Kier molecular flexibility index (Phi) is 1.90. The highest BCUT2D eigenvalue weighted by Gasteiger charge is 1.95. The van der Waals surface area contributed by atoms with Crippen molar-refractivity contribution in [2.45, 2.75) is 20.3 Å². The molecule has 2 N–H and O–H groups in total. The number of hydrogen-bond acceptors (Lipinski definition) is 2. The van der Waals surface area contributed by atoms with Crippen LogP contribution in [-0.2, 0) is 6.42 Å². The largest absolute Gasteiger partial charge is 0.384 e. The summed E-state index contributed by atoms with van der Waals surface area (Å²) < 4.78 is 0. The van der Waals surface area contributed by atoms with Gasteiger partial charge < -0.3 is 5.73 Å². The lowest BCUT2D eigenvalue weighted by Crippen LogP contribution is -1.95. The smallest absolute Gasteiger partial charge is 0.123 e. The van der Waals surface area contributed by atoms with Crippen LogP contribution in [0.4, 0.5) is 5.82 Å². The van der Waals surface area contributed by atoms with Crippen LogP contribution in [-0.4, -0.2) is 4.98 Å². The minimum atomic E-state index is 0.606. The fourth-order valence-electron chi connectivity index (χ4n) is 0.983. The molecule has 0 aliphatic carbocycles. The summed E-state index contributed by atoms with van der Waals surface area (Å²) in [4.78, 5) is 4.12. The molecule has 0 amide bonds. The van der Waals surface area contributed by atoms with Gasteiger partial charge in [0.15, 0.2) is 0 Å². The first-order valence-electron chi connectivity index (χ1n) is 3.46. The van der Waals surface area contributed by atoms with Gasteiger partial charge in [0.25, 0.3) is 0 Å². The molecule has 1 rings (SSSR count). The second-order valence-corrected chi connectivity index (χ2v) is 2.33. The third kappa shape index (κ3) is 1.26. The van der Waals surface area contributed by atoms with Crippen molar-refractivity contribution in [2.75, 3.05) is 5.73 Å². The predicted octanol–water partition coefficient (Wildman–Crippen LogP) is 1.53. The molecule has 2 nitrogen and oxygen atoms in total. The maximum Gasteiger partial charge on any atom is 0.123 e. The molecule has 0 bridgehead atoms. The van der Waals surface area contributed by atoms with Gasteiger partial charge in [-0.3, -0.25) is 0 Å². The second-order valence-electron chi connectivity index (χ2n) is 2.33. The number of nitrogens with two attached hydrogens (primary N) is 1. The first-order valence-corrected chi connectivity index (χ1v) is 3.46. The molecule has 1 aromatic heterocycles. The Hall–Kier alpha value is -1.05. The van der Waals surface area contributed by atoms with Crippen LogP contribution in [0.5, 0.6) is 0 Å². The average molecular weight is 136 g/mol. The fourth-order valence-corrected chi connectivity index (χ4v) is 0.983. The minimum absolute atomic E-state index is 0.606.